The van der Waals surface area contributed by atoms with Gasteiger partial charge < -0.3 is 10.6 Å². The van der Waals surface area contributed by atoms with Crippen LogP contribution < -0.4 is 10.6 Å². The van der Waals surface area contributed by atoms with Crippen molar-refractivity contribution in [2.45, 2.75) is 32.7 Å². The molecule has 0 spiro atoms. The molecule has 1 aromatic rings. The number of amides is 1. The summed E-state index contributed by atoms with van der Waals surface area (Å²) in [6.45, 7) is 6.01. The van der Waals surface area contributed by atoms with Gasteiger partial charge in [0.05, 0.1) is 12.0 Å². The van der Waals surface area contributed by atoms with Crippen LogP contribution in [0.25, 0.3) is 0 Å². The molecule has 2 N–H and O–H groups in total. The lowest BCUT2D eigenvalue weighted by molar-refractivity contribution is -0.126. The van der Waals surface area contributed by atoms with Crippen molar-refractivity contribution in [3.63, 3.8) is 0 Å². The van der Waals surface area contributed by atoms with Crippen LogP contribution in [0.5, 0.6) is 0 Å². The van der Waals surface area contributed by atoms with Gasteiger partial charge in [-0.1, -0.05) is 0 Å². The van der Waals surface area contributed by atoms with Gasteiger partial charge in [-0.2, -0.15) is 0 Å². The molecule has 4 heteroatoms. The first-order valence-corrected chi connectivity index (χ1v) is 7.06. The first-order valence-electron chi connectivity index (χ1n) is 6.24. The number of hydrogen-bond acceptors (Lipinski definition) is 3. The van der Waals surface area contributed by atoms with Gasteiger partial charge >= 0.3 is 0 Å². The minimum Gasteiger partial charge on any atom is -0.348 e. The summed E-state index contributed by atoms with van der Waals surface area (Å²) in [6, 6.07) is 4.33. The molecular formula is C13H20N2OS. The van der Waals surface area contributed by atoms with E-state index in [-0.39, 0.29) is 17.9 Å². The van der Waals surface area contributed by atoms with Gasteiger partial charge in [0.1, 0.15) is 0 Å². The number of aryl methyl sites for hydroxylation is 1. The van der Waals surface area contributed by atoms with E-state index in [4.69, 9.17) is 0 Å². The van der Waals surface area contributed by atoms with Gasteiger partial charge in [0.15, 0.2) is 0 Å². The molecule has 1 aliphatic heterocycles. The Balaban J connectivity index is 1.89. The van der Waals surface area contributed by atoms with E-state index in [1.807, 2.05) is 0 Å². The highest BCUT2D eigenvalue weighted by molar-refractivity contribution is 7.12. The summed E-state index contributed by atoms with van der Waals surface area (Å²) >= 11 is 1.75. The Morgan fingerprint density at radius 1 is 1.59 bits per heavy atom. The lowest BCUT2D eigenvalue weighted by Crippen LogP contribution is -2.41. The molecule has 0 radical (unpaired) electrons. The van der Waals surface area contributed by atoms with Gasteiger partial charge in [-0.15, -0.1) is 11.3 Å². The fourth-order valence-corrected chi connectivity index (χ4v) is 3.04. The summed E-state index contributed by atoms with van der Waals surface area (Å²) in [4.78, 5) is 14.6. The van der Waals surface area contributed by atoms with Crippen LogP contribution in [0.15, 0.2) is 12.1 Å². The number of carbonyl (C=O) groups excluding carboxylic acids is 1. The zero-order valence-electron chi connectivity index (χ0n) is 10.5. The van der Waals surface area contributed by atoms with E-state index in [1.165, 1.54) is 9.75 Å². The van der Waals surface area contributed by atoms with Crippen molar-refractivity contribution in [2.24, 2.45) is 5.92 Å². The fourth-order valence-electron chi connectivity index (χ4n) is 2.16. The molecule has 2 heterocycles. The lowest BCUT2D eigenvalue weighted by Gasteiger charge is -2.23. The largest absolute Gasteiger partial charge is 0.348 e. The molecule has 1 aromatic heterocycles. The normalized spacial score (nSPS) is 22.1. The average molecular weight is 252 g/mol. The van der Waals surface area contributed by atoms with Crippen LogP contribution >= 0.6 is 11.3 Å². The van der Waals surface area contributed by atoms with Crippen molar-refractivity contribution in [1.29, 1.82) is 0 Å². The molecule has 1 amide bonds. The van der Waals surface area contributed by atoms with Gasteiger partial charge in [-0.05, 0) is 45.4 Å². The first kappa shape index (κ1) is 12.6. The summed E-state index contributed by atoms with van der Waals surface area (Å²) in [5.74, 6) is 0.336. The summed E-state index contributed by atoms with van der Waals surface area (Å²) in [7, 11) is 0. The molecule has 2 unspecified atom stereocenters. The highest BCUT2D eigenvalue weighted by atomic mass is 32.1. The molecule has 1 fully saturated rings. The Morgan fingerprint density at radius 3 is 3.00 bits per heavy atom. The molecule has 0 bridgehead atoms. The second kappa shape index (κ2) is 5.65. The van der Waals surface area contributed by atoms with Gasteiger partial charge in [-0.3, -0.25) is 4.79 Å². The third kappa shape index (κ3) is 3.30. The molecule has 0 aromatic carbocycles. The third-order valence-electron chi connectivity index (χ3n) is 3.21. The van der Waals surface area contributed by atoms with E-state index in [9.17, 15) is 4.79 Å². The number of piperidine rings is 1. The summed E-state index contributed by atoms with van der Waals surface area (Å²) in [5, 5.41) is 6.39. The van der Waals surface area contributed by atoms with E-state index in [1.54, 1.807) is 11.3 Å². The molecule has 1 aliphatic rings. The van der Waals surface area contributed by atoms with E-state index < -0.39 is 0 Å². The Hall–Kier alpha value is -0.870. The molecule has 3 nitrogen and oxygen atoms in total. The van der Waals surface area contributed by atoms with E-state index in [0.717, 1.165) is 25.9 Å². The summed E-state index contributed by atoms with van der Waals surface area (Å²) < 4.78 is 0. The van der Waals surface area contributed by atoms with Crippen molar-refractivity contribution in [3.8, 4) is 0 Å². The Bertz CT molecular complexity index is 383. The minimum atomic E-state index is 0.128. The quantitative estimate of drug-likeness (QED) is 0.866. The average Bonchev–Trinajstić information content (AvgIpc) is 2.77. The number of rotatable bonds is 3. The molecule has 0 aliphatic carbocycles. The third-order valence-corrected chi connectivity index (χ3v) is 4.40. The predicted octanol–water partition coefficient (Wildman–Crippen LogP) is 2.23. The van der Waals surface area contributed by atoms with Crippen LogP contribution in [0.1, 0.15) is 35.6 Å². The van der Waals surface area contributed by atoms with Gasteiger partial charge in [0, 0.05) is 16.3 Å². The van der Waals surface area contributed by atoms with Crippen molar-refractivity contribution in [1.82, 2.24) is 10.6 Å². The Morgan fingerprint density at radius 2 is 2.41 bits per heavy atom. The first-order chi connectivity index (χ1) is 8.16. The van der Waals surface area contributed by atoms with Crippen LogP contribution in [0.3, 0.4) is 0 Å². The van der Waals surface area contributed by atoms with E-state index >= 15 is 0 Å². The predicted molar refractivity (Wildman–Crippen MR) is 71.2 cm³/mol. The topological polar surface area (TPSA) is 41.1 Å². The molecule has 1 saturated heterocycles. The summed E-state index contributed by atoms with van der Waals surface area (Å²) in [5.41, 5.74) is 0. The van der Waals surface area contributed by atoms with Crippen LogP contribution in [-0.2, 0) is 4.79 Å². The van der Waals surface area contributed by atoms with E-state index in [0.29, 0.717) is 0 Å². The maximum absolute atomic E-state index is 12.0. The van der Waals surface area contributed by atoms with Gasteiger partial charge in [0.25, 0.3) is 0 Å². The summed E-state index contributed by atoms with van der Waals surface area (Å²) in [6.07, 6.45) is 2.11. The zero-order valence-corrected chi connectivity index (χ0v) is 11.3. The highest BCUT2D eigenvalue weighted by Crippen LogP contribution is 2.23. The maximum atomic E-state index is 12.0. The molecule has 94 valence electrons. The number of hydrogen-bond donors (Lipinski definition) is 2. The monoisotopic (exact) mass is 252 g/mol. The van der Waals surface area contributed by atoms with Crippen LogP contribution in [-0.4, -0.2) is 19.0 Å². The number of nitrogens with one attached hydrogen (secondary N) is 2. The maximum Gasteiger partial charge on any atom is 0.224 e. The van der Waals surface area contributed by atoms with Gasteiger partial charge in [-0.25, -0.2) is 0 Å². The Kier molecular flexibility index (Phi) is 4.18. The SMILES string of the molecule is Cc1ccc(C(C)NC(=O)C2CCCNC2)s1. The van der Waals surface area contributed by atoms with Gasteiger partial charge in [0.2, 0.25) is 5.91 Å². The number of carbonyl (C=O) groups is 1. The van der Waals surface area contributed by atoms with Crippen LogP contribution in [0.2, 0.25) is 0 Å². The second-order valence-corrected chi connectivity index (χ2v) is 6.04. The second-order valence-electron chi connectivity index (χ2n) is 4.72. The van der Waals surface area contributed by atoms with E-state index in [2.05, 4.69) is 36.6 Å². The number of thiophene rings is 1. The minimum absolute atomic E-state index is 0.128. The van der Waals surface area contributed by atoms with Crippen LogP contribution in [0, 0.1) is 12.8 Å². The van der Waals surface area contributed by atoms with Crippen molar-refractivity contribution >= 4 is 17.2 Å². The molecule has 0 saturated carbocycles. The van der Waals surface area contributed by atoms with Crippen molar-refractivity contribution in [2.75, 3.05) is 13.1 Å². The van der Waals surface area contributed by atoms with Crippen molar-refractivity contribution < 1.29 is 4.79 Å². The smallest absolute Gasteiger partial charge is 0.224 e. The standard InChI is InChI=1S/C13H20N2OS/c1-9-5-6-12(17-9)10(2)15-13(16)11-4-3-7-14-8-11/h5-6,10-11,14H,3-4,7-8H2,1-2H3,(H,15,16). The van der Waals surface area contributed by atoms with Crippen molar-refractivity contribution in [3.05, 3.63) is 21.9 Å². The molecular weight excluding hydrogens is 232 g/mol. The Labute approximate surface area is 107 Å². The molecule has 2 atom stereocenters. The highest BCUT2D eigenvalue weighted by Gasteiger charge is 2.22. The molecule has 17 heavy (non-hydrogen) atoms. The molecule has 2 rings (SSSR count). The van der Waals surface area contributed by atoms with Crippen LogP contribution in [0.4, 0.5) is 0 Å². The lowest BCUT2D eigenvalue weighted by atomic mass is 9.98. The fraction of sp³-hybridized carbons (Fsp3) is 0.615. The zero-order chi connectivity index (χ0) is 12.3.